The van der Waals surface area contributed by atoms with Crippen molar-refractivity contribution >= 4 is 30.3 Å². The minimum absolute atomic E-state index is 0.0212. The summed E-state index contributed by atoms with van der Waals surface area (Å²) in [5, 5.41) is 0. The van der Waals surface area contributed by atoms with E-state index in [1.807, 2.05) is 6.08 Å². The van der Waals surface area contributed by atoms with Crippen LogP contribution in [0.4, 0.5) is 0 Å². The van der Waals surface area contributed by atoms with Crippen molar-refractivity contribution in [1.82, 2.24) is 0 Å². The van der Waals surface area contributed by atoms with Gasteiger partial charge in [0.25, 0.3) is 0 Å². The van der Waals surface area contributed by atoms with Gasteiger partial charge in [0.2, 0.25) is 0 Å². The number of rotatable bonds is 16. The second kappa shape index (κ2) is 15.8. The van der Waals surface area contributed by atoms with Gasteiger partial charge in [-0.2, -0.15) is 0 Å². The molecule has 0 unspecified atom stereocenters. The van der Waals surface area contributed by atoms with Crippen LogP contribution in [0, 0.1) is 17.8 Å². The van der Waals surface area contributed by atoms with E-state index in [4.69, 9.17) is 15.9 Å². The zero-order valence-corrected chi connectivity index (χ0v) is 22.2. The van der Waals surface area contributed by atoms with Gasteiger partial charge >= 0.3 is 183 Å². The summed E-state index contributed by atoms with van der Waals surface area (Å²) in [5.41, 5.74) is -1.44. The summed E-state index contributed by atoms with van der Waals surface area (Å²) in [5.74, 6) is 1.22. The van der Waals surface area contributed by atoms with Crippen LogP contribution >= 0.6 is 0 Å². The Morgan fingerprint density at radius 3 is 1.69 bits per heavy atom. The molecule has 0 atom stereocenters. The molecular formula is C24H42O4Sn. The normalized spacial score (nSPS) is 12.0. The van der Waals surface area contributed by atoms with Crippen molar-refractivity contribution in [3.8, 4) is 12.3 Å². The Hall–Kier alpha value is -0.961. The monoisotopic (exact) mass is 514 g/mol. The van der Waals surface area contributed by atoms with Gasteiger partial charge in [-0.25, -0.2) is 0 Å². The summed E-state index contributed by atoms with van der Waals surface area (Å²) in [6.45, 7) is 6.81. The quantitative estimate of drug-likeness (QED) is 0.0819. The molecule has 0 aliphatic heterocycles. The Bertz CT molecular complexity index is 510. The van der Waals surface area contributed by atoms with Crippen molar-refractivity contribution in [3.63, 3.8) is 0 Å². The number of hydrogen-bond donors (Lipinski definition) is 0. The molecule has 0 bridgehead atoms. The van der Waals surface area contributed by atoms with Gasteiger partial charge in [0.1, 0.15) is 0 Å². The molecule has 0 aliphatic carbocycles. The van der Waals surface area contributed by atoms with Crippen LogP contribution in [0.2, 0.25) is 17.7 Å². The fourth-order valence-corrected chi connectivity index (χ4v) is 19.2. The Morgan fingerprint density at radius 1 is 0.897 bits per heavy atom. The average molecular weight is 513 g/mol. The Labute approximate surface area is 183 Å². The summed E-state index contributed by atoms with van der Waals surface area (Å²) < 4.78 is 15.2. The molecule has 0 heterocycles. The molecular weight excluding hydrogens is 471 g/mol. The molecule has 29 heavy (non-hydrogen) atoms. The Kier molecular flexibility index (Phi) is 15.3. The first-order chi connectivity index (χ1) is 13.9. The number of ether oxygens (including phenoxy) is 2. The molecule has 0 amide bonds. The topological polar surface area (TPSA) is 52.6 Å². The second-order valence-electron chi connectivity index (χ2n) is 8.14. The van der Waals surface area contributed by atoms with Crippen LogP contribution in [0.15, 0.2) is 12.2 Å². The van der Waals surface area contributed by atoms with Gasteiger partial charge in [0.15, 0.2) is 0 Å². The van der Waals surface area contributed by atoms with E-state index in [0.29, 0.717) is 0 Å². The average Bonchev–Trinajstić information content (AvgIpc) is 2.75. The van der Waals surface area contributed by atoms with Crippen molar-refractivity contribution in [2.45, 2.75) is 89.9 Å². The molecule has 0 fully saturated rings. The van der Waals surface area contributed by atoms with Gasteiger partial charge in [-0.3, -0.25) is 0 Å². The van der Waals surface area contributed by atoms with Gasteiger partial charge in [-0.1, -0.05) is 0 Å². The molecule has 0 aliphatic rings. The minimum atomic E-state index is -2.27. The summed E-state index contributed by atoms with van der Waals surface area (Å²) in [6, 6.07) is 0. The molecule has 0 aromatic carbocycles. The number of esters is 2. The number of carbonyl (C=O) groups is 2. The predicted molar refractivity (Wildman–Crippen MR) is 123 cm³/mol. The molecule has 0 rings (SSSR count). The van der Waals surface area contributed by atoms with E-state index in [1.165, 1.54) is 70.5 Å². The molecule has 0 saturated carbocycles. The van der Waals surface area contributed by atoms with Crippen molar-refractivity contribution in [2.24, 2.45) is 5.41 Å². The van der Waals surface area contributed by atoms with E-state index in [1.54, 1.807) is 0 Å². The predicted octanol–water partition coefficient (Wildman–Crippen LogP) is 6.14. The van der Waals surface area contributed by atoms with E-state index in [-0.39, 0.29) is 12.8 Å². The van der Waals surface area contributed by atoms with E-state index in [2.05, 4.69) is 32.8 Å². The maximum absolute atomic E-state index is 12.4. The van der Waals surface area contributed by atoms with Gasteiger partial charge in [0.05, 0.1) is 0 Å². The third-order valence-electron chi connectivity index (χ3n) is 5.92. The van der Waals surface area contributed by atoms with E-state index >= 15 is 0 Å². The standard InChI is InChI=1S/C12H15O4.3C4H9.Sn/c1-5-7-9-12(8-6-2,10(13)15-3)11(14)16-4;3*1-3-4-2;/h2,5,7H,1,8-9H2,3-4H3;3*1,3-4H2,2H3;/b7-5+;;;;. The first-order valence-electron chi connectivity index (χ1n) is 11.2. The van der Waals surface area contributed by atoms with Crippen LogP contribution in [0.5, 0.6) is 0 Å². The fraction of sp³-hybridized carbons (Fsp3) is 0.750. The zero-order valence-electron chi connectivity index (χ0n) is 19.4. The van der Waals surface area contributed by atoms with Crippen LogP contribution < -0.4 is 0 Å². The van der Waals surface area contributed by atoms with Crippen LogP contribution in [-0.4, -0.2) is 44.5 Å². The van der Waals surface area contributed by atoms with Gasteiger partial charge in [-0.15, -0.1) is 0 Å². The molecule has 0 saturated heterocycles. The third kappa shape index (κ3) is 9.15. The molecule has 0 aromatic rings. The maximum atomic E-state index is 12.4. The third-order valence-corrected chi connectivity index (χ3v) is 21.2. The van der Waals surface area contributed by atoms with E-state index < -0.39 is 35.7 Å². The van der Waals surface area contributed by atoms with Gasteiger partial charge in [-0.05, 0) is 0 Å². The number of terminal acetylenes is 1. The number of hydrogen-bond acceptors (Lipinski definition) is 4. The van der Waals surface area contributed by atoms with Crippen molar-refractivity contribution in [1.29, 1.82) is 0 Å². The summed E-state index contributed by atoms with van der Waals surface area (Å²) in [4.78, 5) is 24.8. The fourth-order valence-electron chi connectivity index (χ4n) is 3.99. The molecule has 0 spiro atoms. The molecule has 5 heteroatoms. The van der Waals surface area contributed by atoms with E-state index in [0.717, 1.165) is 0 Å². The Morgan fingerprint density at radius 2 is 1.34 bits per heavy atom. The first kappa shape index (κ1) is 28.0. The summed E-state index contributed by atoms with van der Waals surface area (Å²) >= 11 is -2.27. The van der Waals surface area contributed by atoms with Gasteiger partial charge < -0.3 is 0 Å². The number of unbranched alkanes of at least 4 members (excludes halogenated alkanes) is 3. The molecule has 0 aromatic heterocycles. The van der Waals surface area contributed by atoms with Crippen LogP contribution in [-0.2, 0) is 19.1 Å². The number of allylic oxidation sites excluding steroid dienone is 2. The van der Waals surface area contributed by atoms with Crippen molar-refractivity contribution < 1.29 is 19.1 Å². The summed E-state index contributed by atoms with van der Waals surface area (Å²) in [6.07, 6.45) is 17.6. The SMILES string of the molecule is C#CCC(C/C=C/[CH2][Sn]([CH2]CCC)([CH2]CCC)[CH2]CCC)(C(=O)OC)C(=O)OC. The van der Waals surface area contributed by atoms with Gasteiger partial charge in [0, 0.05) is 0 Å². The van der Waals surface area contributed by atoms with Crippen molar-refractivity contribution in [3.05, 3.63) is 12.2 Å². The zero-order chi connectivity index (χ0) is 22.2. The Balaban J connectivity index is 5.52. The van der Waals surface area contributed by atoms with Crippen molar-refractivity contribution in [2.75, 3.05) is 14.2 Å². The van der Waals surface area contributed by atoms with Crippen LogP contribution in [0.3, 0.4) is 0 Å². The molecule has 4 nitrogen and oxygen atoms in total. The number of carbonyl (C=O) groups excluding carboxylic acids is 2. The first-order valence-corrected chi connectivity index (χ1v) is 19.2. The number of methoxy groups -OCH3 is 2. The van der Waals surface area contributed by atoms with Crippen LogP contribution in [0.1, 0.15) is 72.1 Å². The van der Waals surface area contributed by atoms with E-state index in [9.17, 15) is 9.59 Å². The molecule has 0 N–H and O–H groups in total. The molecule has 166 valence electrons. The summed E-state index contributed by atoms with van der Waals surface area (Å²) in [7, 11) is 2.56. The molecule has 0 radical (unpaired) electrons. The van der Waals surface area contributed by atoms with Crippen LogP contribution in [0.25, 0.3) is 0 Å². The second-order valence-corrected chi connectivity index (χ2v) is 22.1.